The molecule has 0 saturated carbocycles. The predicted octanol–water partition coefficient (Wildman–Crippen LogP) is 1.83. The smallest absolute Gasteiger partial charge is 0.410 e. The Kier molecular flexibility index (Phi) is 4.82. The molecule has 0 unspecified atom stereocenters. The molecule has 1 aromatic heterocycles. The van der Waals surface area contributed by atoms with Gasteiger partial charge in [-0.2, -0.15) is 6.07 Å². The van der Waals surface area contributed by atoms with E-state index in [1.807, 2.05) is 27.7 Å². The molecule has 1 saturated heterocycles. The summed E-state index contributed by atoms with van der Waals surface area (Å²) in [4.78, 5) is 3.81. The van der Waals surface area contributed by atoms with Crippen molar-refractivity contribution < 1.29 is 42.0 Å². The molecule has 17 heavy (non-hydrogen) atoms. The monoisotopic (exact) mass is 327 g/mol. The van der Waals surface area contributed by atoms with Crippen LogP contribution >= 0.6 is 11.6 Å². The molecule has 1 fully saturated rings. The number of pyridine rings is 1. The third-order valence-electron chi connectivity index (χ3n) is 3.21. The molecule has 1 aliphatic rings. The van der Waals surface area contributed by atoms with E-state index in [9.17, 15) is 0 Å². The SMILES string of the molecule is CC1(C)OB(c2c[c-]nc(Cl)c2)OC1(C)C.[Y]. The normalized spacial score (nSPS) is 21.1. The first-order chi connectivity index (χ1) is 7.32. The first-order valence-corrected chi connectivity index (χ1v) is 5.59. The Bertz CT molecular complexity index is 398. The van der Waals surface area contributed by atoms with Gasteiger partial charge in [-0.25, -0.2) is 0 Å². The molecule has 0 aliphatic carbocycles. The van der Waals surface area contributed by atoms with Crippen molar-refractivity contribution in [1.82, 2.24) is 4.98 Å². The molecule has 89 valence electrons. The van der Waals surface area contributed by atoms with E-state index in [-0.39, 0.29) is 43.9 Å². The quantitative estimate of drug-likeness (QED) is 0.448. The van der Waals surface area contributed by atoms with Crippen LogP contribution in [0.15, 0.2) is 12.1 Å². The average molecular weight is 327 g/mol. The van der Waals surface area contributed by atoms with E-state index in [1.165, 1.54) is 0 Å². The Morgan fingerprint density at radius 3 is 2.24 bits per heavy atom. The molecule has 1 aliphatic heterocycles. The van der Waals surface area contributed by atoms with E-state index in [4.69, 9.17) is 20.9 Å². The topological polar surface area (TPSA) is 31.4 Å². The number of rotatable bonds is 1. The molecule has 0 atom stereocenters. The molecular weight excluding hydrogens is 313 g/mol. The standard InChI is InChI=1S/C11H14BClNO2.Y/c1-10(2)11(3,4)16-12(15-10)8-5-6-14-9(13)7-8;/h5,7H,1-4H3;/q-1;. The van der Waals surface area contributed by atoms with Gasteiger partial charge in [0, 0.05) is 37.9 Å². The van der Waals surface area contributed by atoms with Crippen molar-refractivity contribution >= 4 is 24.2 Å². The van der Waals surface area contributed by atoms with Crippen LogP contribution in [0, 0.1) is 6.20 Å². The van der Waals surface area contributed by atoms with Gasteiger partial charge in [-0.15, -0.1) is 23.1 Å². The van der Waals surface area contributed by atoms with E-state index in [0.717, 1.165) is 5.46 Å². The van der Waals surface area contributed by atoms with Crippen LogP contribution in [0.1, 0.15) is 27.7 Å². The zero-order valence-corrected chi connectivity index (χ0v) is 14.0. The minimum Gasteiger partial charge on any atom is -0.410 e. The van der Waals surface area contributed by atoms with Crippen molar-refractivity contribution in [3.63, 3.8) is 0 Å². The zero-order chi connectivity index (χ0) is 12.0. The van der Waals surface area contributed by atoms with Gasteiger partial charge in [-0.3, -0.25) is 0 Å². The molecule has 0 N–H and O–H groups in total. The molecule has 6 heteroatoms. The van der Waals surface area contributed by atoms with Crippen molar-refractivity contribution in [3.05, 3.63) is 23.5 Å². The van der Waals surface area contributed by atoms with E-state index < -0.39 is 7.12 Å². The molecule has 0 aromatic carbocycles. The fraction of sp³-hybridized carbons (Fsp3) is 0.545. The second kappa shape index (κ2) is 5.26. The Balaban J connectivity index is 0.00000144. The molecule has 2 rings (SSSR count). The van der Waals surface area contributed by atoms with E-state index in [0.29, 0.717) is 5.15 Å². The molecule has 3 nitrogen and oxygen atoms in total. The minimum absolute atomic E-state index is 0. The Labute approximate surface area is 133 Å². The van der Waals surface area contributed by atoms with Crippen molar-refractivity contribution in [2.75, 3.05) is 0 Å². The fourth-order valence-electron chi connectivity index (χ4n) is 1.50. The summed E-state index contributed by atoms with van der Waals surface area (Å²) in [6, 6.07) is 3.47. The van der Waals surface area contributed by atoms with Crippen LogP contribution in [-0.4, -0.2) is 23.3 Å². The van der Waals surface area contributed by atoms with Gasteiger partial charge >= 0.3 is 7.12 Å². The number of nitrogens with zero attached hydrogens (tertiary/aromatic N) is 1. The van der Waals surface area contributed by atoms with Gasteiger partial charge < -0.3 is 14.3 Å². The Morgan fingerprint density at radius 2 is 1.76 bits per heavy atom. The molecular formula is C11H14BClNO2Y-. The van der Waals surface area contributed by atoms with Gasteiger partial charge in [-0.05, 0) is 27.7 Å². The zero-order valence-electron chi connectivity index (χ0n) is 10.5. The summed E-state index contributed by atoms with van der Waals surface area (Å²) >= 11 is 5.81. The van der Waals surface area contributed by atoms with E-state index >= 15 is 0 Å². The summed E-state index contributed by atoms with van der Waals surface area (Å²) in [6.45, 7) is 8.05. The maximum absolute atomic E-state index is 5.88. The van der Waals surface area contributed by atoms with Crippen LogP contribution in [0.5, 0.6) is 0 Å². The van der Waals surface area contributed by atoms with Crippen LogP contribution in [0.3, 0.4) is 0 Å². The summed E-state index contributed by atoms with van der Waals surface area (Å²) in [5.74, 6) is 0. The van der Waals surface area contributed by atoms with Crippen molar-refractivity contribution in [2.45, 2.75) is 38.9 Å². The number of hydrogen-bond acceptors (Lipinski definition) is 3. The second-order valence-corrected chi connectivity index (χ2v) is 5.33. The first kappa shape index (κ1) is 15.6. The molecule has 0 bridgehead atoms. The van der Waals surface area contributed by atoms with Crippen LogP contribution in [0.25, 0.3) is 0 Å². The van der Waals surface area contributed by atoms with Gasteiger partial charge in [0.25, 0.3) is 0 Å². The van der Waals surface area contributed by atoms with Crippen molar-refractivity contribution in [3.8, 4) is 0 Å². The van der Waals surface area contributed by atoms with Crippen molar-refractivity contribution in [2.24, 2.45) is 0 Å². The molecule has 2 heterocycles. The summed E-state index contributed by atoms with van der Waals surface area (Å²) in [6.07, 6.45) is 2.72. The van der Waals surface area contributed by atoms with Gasteiger partial charge in [0.2, 0.25) is 0 Å². The molecule has 0 amide bonds. The van der Waals surface area contributed by atoms with Crippen molar-refractivity contribution in [1.29, 1.82) is 0 Å². The van der Waals surface area contributed by atoms with Crippen LogP contribution < -0.4 is 5.46 Å². The third-order valence-corrected chi connectivity index (χ3v) is 3.41. The predicted molar refractivity (Wildman–Crippen MR) is 63.8 cm³/mol. The van der Waals surface area contributed by atoms with E-state index in [2.05, 4.69) is 11.2 Å². The number of aromatic nitrogens is 1. The van der Waals surface area contributed by atoms with Gasteiger partial charge in [0.1, 0.15) is 0 Å². The molecule has 0 spiro atoms. The summed E-state index contributed by atoms with van der Waals surface area (Å²) in [5, 5.41) is 0.396. The Morgan fingerprint density at radius 1 is 1.24 bits per heavy atom. The van der Waals surface area contributed by atoms with Gasteiger partial charge in [0.05, 0.1) is 11.2 Å². The fourth-order valence-corrected chi connectivity index (χ4v) is 1.67. The van der Waals surface area contributed by atoms with Gasteiger partial charge in [-0.1, -0.05) is 6.20 Å². The number of halogens is 1. The van der Waals surface area contributed by atoms with Crippen LogP contribution in [0.4, 0.5) is 0 Å². The second-order valence-electron chi connectivity index (χ2n) is 4.94. The van der Waals surface area contributed by atoms with Crippen LogP contribution in [0.2, 0.25) is 5.15 Å². The summed E-state index contributed by atoms with van der Waals surface area (Å²) < 4.78 is 11.8. The summed E-state index contributed by atoms with van der Waals surface area (Å²) in [5.41, 5.74) is 0.166. The first-order valence-electron chi connectivity index (χ1n) is 5.21. The Hall–Kier alpha value is 0.529. The number of hydrogen-bond donors (Lipinski definition) is 0. The average Bonchev–Trinajstić information content (AvgIpc) is 2.36. The summed E-state index contributed by atoms with van der Waals surface area (Å²) in [7, 11) is -0.401. The third kappa shape index (κ3) is 3.10. The molecule has 1 radical (unpaired) electrons. The maximum atomic E-state index is 5.88. The minimum atomic E-state index is -0.401. The largest absolute Gasteiger partial charge is 0.419 e. The molecule has 1 aromatic rings. The maximum Gasteiger partial charge on any atom is 0.419 e. The van der Waals surface area contributed by atoms with E-state index in [1.54, 1.807) is 12.1 Å². The van der Waals surface area contributed by atoms with Gasteiger partial charge in [0.15, 0.2) is 0 Å². The van der Waals surface area contributed by atoms with Crippen LogP contribution in [-0.2, 0) is 42.0 Å².